The fourth-order valence-electron chi connectivity index (χ4n) is 4.73. The van der Waals surface area contributed by atoms with Crippen molar-refractivity contribution in [2.24, 2.45) is 11.3 Å². The van der Waals surface area contributed by atoms with Crippen molar-refractivity contribution in [1.29, 1.82) is 5.26 Å². The SMILES string of the molecule is CC1(C)CCN(S(=O)(=O)c2ccc(Nc3nn([C@@H](CC#N)C4CC4)c4cc[nH]c(=O)c34)cc2)C1. The molecule has 10 heteroatoms. The molecule has 1 aliphatic carbocycles. The Labute approximate surface area is 198 Å². The number of H-pyrrole nitrogens is 1. The van der Waals surface area contributed by atoms with Gasteiger partial charge in [0.15, 0.2) is 5.82 Å². The maximum absolute atomic E-state index is 13.0. The Morgan fingerprint density at radius 3 is 2.62 bits per heavy atom. The average molecular weight is 481 g/mol. The van der Waals surface area contributed by atoms with Crippen LogP contribution in [-0.4, -0.2) is 40.6 Å². The summed E-state index contributed by atoms with van der Waals surface area (Å²) in [6.07, 6.45) is 4.84. The number of aromatic amines is 1. The van der Waals surface area contributed by atoms with Gasteiger partial charge >= 0.3 is 0 Å². The highest BCUT2D eigenvalue weighted by atomic mass is 32.2. The molecule has 3 heterocycles. The first kappa shape index (κ1) is 22.6. The van der Waals surface area contributed by atoms with Crippen molar-refractivity contribution >= 4 is 32.4 Å². The van der Waals surface area contributed by atoms with Crippen molar-refractivity contribution in [3.05, 3.63) is 46.9 Å². The molecule has 1 aromatic carbocycles. The predicted molar refractivity (Wildman–Crippen MR) is 129 cm³/mol. The summed E-state index contributed by atoms with van der Waals surface area (Å²) in [5, 5.41) is 17.6. The van der Waals surface area contributed by atoms with Gasteiger partial charge in [0, 0.05) is 25.0 Å². The van der Waals surface area contributed by atoms with Gasteiger partial charge in [0.25, 0.3) is 5.56 Å². The van der Waals surface area contributed by atoms with E-state index in [1.54, 1.807) is 41.2 Å². The number of pyridine rings is 1. The Bertz CT molecular complexity index is 1430. The molecule has 1 atom stereocenters. The van der Waals surface area contributed by atoms with E-state index in [2.05, 4.69) is 35.3 Å². The van der Waals surface area contributed by atoms with Crippen molar-refractivity contribution in [3.8, 4) is 6.07 Å². The van der Waals surface area contributed by atoms with Crippen molar-refractivity contribution < 1.29 is 8.42 Å². The summed E-state index contributed by atoms with van der Waals surface area (Å²) in [5.41, 5.74) is 1.01. The number of nitrogens with one attached hydrogen (secondary N) is 2. The van der Waals surface area contributed by atoms with Crippen molar-refractivity contribution in [1.82, 2.24) is 19.1 Å². The molecule has 2 aliphatic rings. The fraction of sp³-hybridized carbons (Fsp3) is 0.458. The maximum Gasteiger partial charge on any atom is 0.261 e. The molecule has 0 spiro atoms. The number of anilines is 2. The molecule has 0 bridgehead atoms. The lowest BCUT2D eigenvalue weighted by atomic mass is 9.93. The lowest BCUT2D eigenvalue weighted by Gasteiger charge is -2.19. The molecule has 34 heavy (non-hydrogen) atoms. The number of nitrogens with zero attached hydrogens (tertiary/aromatic N) is 4. The minimum atomic E-state index is -3.56. The van der Waals surface area contributed by atoms with Gasteiger partial charge in [-0.1, -0.05) is 13.8 Å². The van der Waals surface area contributed by atoms with Crippen LogP contribution >= 0.6 is 0 Å². The summed E-state index contributed by atoms with van der Waals surface area (Å²) in [7, 11) is -3.56. The third kappa shape index (κ3) is 4.10. The summed E-state index contributed by atoms with van der Waals surface area (Å²) in [6.45, 7) is 5.18. The zero-order valence-corrected chi connectivity index (χ0v) is 20.1. The van der Waals surface area contributed by atoms with E-state index in [0.717, 1.165) is 19.3 Å². The largest absolute Gasteiger partial charge is 0.338 e. The first-order valence-electron chi connectivity index (χ1n) is 11.5. The molecule has 1 aliphatic heterocycles. The van der Waals surface area contributed by atoms with Gasteiger partial charge in [-0.3, -0.25) is 9.48 Å². The first-order chi connectivity index (χ1) is 16.2. The highest BCUT2D eigenvalue weighted by molar-refractivity contribution is 7.89. The smallest absolute Gasteiger partial charge is 0.261 e. The van der Waals surface area contributed by atoms with E-state index in [1.807, 2.05) is 0 Å². The third-order valence-electron chi connectivity index (χ3n) is 6.81. The van der Waals surface area contributed by atoms with Crippen LogP contribution in [0.3, 0.4) is 0 Å². The van der Waals surface area contributed by atoms with E-state index >= 15 is 0 Å². The zero-order valence-electron chi connectivity index (χ0n) is 19.3. The quantitative estimate of drug-likeness (QED) is 0.531. The lowest BCUT2D eigenvalue weighted by Crippen LogP contribution is -2.30. The van der Waals surface area contributed by atoms with Gasteiger partial charge in [0.1, 0.15) is 5.39 Å². The van der Waals surface area contributed by atoms with Gasteiger partial charge in [-0.25, -0.2) is 8.42 Å². The second-order valence-corrected chi connectivity index (χ2v) is 12.0. The van der Waals surface area contributed by atoms with Crippen LogP contribution in [0.15, 0.2) is 46.2 Å². The van der Waals surface area contributed by atoms with Crippen LogP contribution in [0, 0.1) is 22.7 Å². The van der Waals surface area contributed by atoms with Gasteiger partial charge in [0.05, 0.1) is 28.9 Å². The number of fused-ring (bicyclic) bond motifs is 1. The molecule has 0 radical (unpaired) electrons. The Morgan fingerprint density at radius 1 is 1.26 bits per heavy atom. The predicted octanol–water partition coefficient (Wildman–Crippen LogP) is 3.75. The lowest BCUT2D eigenvalue weighted by molar-refractivity contribution is 0.375. The van der Waals surface area contributed by atoms with E-state index in [1.165, 1.54) is 4.31 Å². The van der Waals surface area contributed by atoms with Crippen molar-refractivity contribution in [2.45, 2.75) is 50.5 Å². The Balaban J connectivity index is 1.45. The summed E-state index contributed by atoms with van der Waals surface area (Å²) in [5.74, 6) is 0.771. The number of nitriles is 1. The van der Waals surface area contributed by atoms with E-state index in [9.17, 15) is 18.5 Å². The summed E-state index contributed by atoms with van der Waals surface area (Å²) >= 11 is 0. The second-order valence-electron chi connectivity index (χ2n) is 10.0. The van der Waals surface area contributed by atoms with Crippen LogP contribution in [0.1, 0.15) is 45.6 Å². The van der Waals surface area contributed by atoms with Crippen molar-refractivity contribution in [3.63, 3.8) is 0 Å². The summed E-state index contributed by atoms with van der Waals surface area (Å²) in [6, 6.07) is 10.5. The normalized spacial score (nSPS) is 19.2. The molecular weight excluding hydrogens is 452 g/mol. The highest BCUT2D eigenvalue weighted by Crippen LogP contribution is 2.43. The van der Waals surface area contributed by atoms with Gasteiger partial charge in [-0.15, -0.1) is 0 Å². The van der Waals surface area contributed by atoms with Gasteiger partial charge in [-0.2, -0.15) is 14.7 Å². The summed E-state index contributed by atoms with van der Waals surface area (Å²) < 4.78 is 29.4. The van der Waals surface area contributed by atoms with Gasteiger partial charge < -0.3 is 10.3 Å². The minimum Gasteiger partial charge on any atom is -0.338 e. The molecular formula is C24H28N6O3S. The minimum absolute atomic E-state index is 0.0224. The number of hydrogen-bond donors (Lipinski definition) is 2. The van der Waals surface area contributed by atoms with E-state index in [0.29, 0.717) is 47.8 Å². The molecule has 178 valence electrons. The van der Waals surface area contributed by atoms with Gasteiger partial charge in [0.2, 0.25) is 10.0 Å². The molecule has 0 amide bonds. The topological polar surface area (TPSA) is 124 Å². The fourth-order valence-corrected chi connectivity index (χ4v) is 6.36. The monoisotopic (exact) mass is 480 g/mol. The van der Waals surface area contributed by atoms with Crippen LogP contribution in [-0.2, 0) is 10.0 Å². The number of benzene rings is 1. The molecule has 1 saturated heterocycles. The standard InChI is InChI=1S/C24H28N6O3S/c1-24(2)11-14-29(15-24)34(32,33)18-7-5-17(6-8-18)27-22-21-20(10-13-26-23(21)31)30(28-22)19(9-12-25)16-3-4-16/h5-8,10,13,16,19H,3-4,9,11,14-15H2,1-2H3,(H,26,31)(H,27,28)/t19-/m0/s1. The van der Waals surface area contributed by atoms with Crippen LogP contribution in [0.2, 0.25) is 0 Å². The molecule has 3 aromatic rings. The Morgan fingerprint density at radius 2 is 2.00 bits per heavy atom. The molecule has 9 nitrogen and oxygen atoms in total. The van der Waals surface area contributed by atoms with E-state index < -0.39 is 10.0 Å². The van der Waals surface area contributed by atoms with Crippen LogP contribution in [0.5, 0.6) is 0 Å². The van der Waals surface area contributed by atoms with Crippen molar-refractivity contribution in [2.75, 3.05) is 18.4 Å². The van der Waals surface area contributed by atoms with E-state index in [-0.39, 0.29) is 21.9 Å². The van der Waals surface area contributed by atoms with Crippen LogP contribution < -0.4 is 10.9 Å². The molecule has 0 unspecified atom stereocenters. The molecule has 2 fully saturated rings. The number of aromatic nitrogens is 3. The van der Waals surface area contributed by atoms with Gasteiger partial charge in [-0.05, 0) is 60.9 Å². The van der Waals surface area contributed by atoms with Crippen LogP contribution in [0.4, 0.5) is 11.5 Å². The molecule has 2 N–H and O–H groups in total. The Hall–Kier alpha value is -3.16. The number of sulfonamides is 1. The zero-order chi connectivity index (χ0) is 24.1. The summed E-state index contributed by atoms with van der Waals surface area (Å²) in [4.78, 5) is 15.6. The number of rotatable bonds is 7. The molecule has 5 rings (SSSR count). The van der Waals surface area contributed by atoms with Crippen LogP contribution in [0.25, 0.3) is 10.9 Å². The maximum atomic E-state index is 13.0. The Kier molecular flexibility index (Phi) is 5.49. The average Bonchev–Trinajstić information content (AvgIpc) is 3.48. The van der Waals surface area contributed by atoms with E-state index in [4.69, 9.17) is 0 Å². The molecule has 1 saturated carbocycles. The second kappa shape index (κ2) is 8.25. The molecule has 2 aromatic heterocycles. The third-order valence-corrected chi connectivity index (χ3v) is 8.67. The highest BCUT2D eigenvalue weighted by Gasteiger charge is 2.37. The first-order valence-corrected chi connectivity index (χ1v) is 13.0. The number of hydrogen-bond acceptors (Lipinski definition) is 6.